The molecule has 2 rings (SSSR count). The number of halogens is 1. The number of amides is 1. The van der Waals surface area contributed by atoms with Crippen LogP contribution < -0.4 is 5.32 Å². The lowest BCUT2D eigenvalue weighted by molar-refractivity contribution is 0.0655. The Labute approximate surface area is 125 Å². The van der Waals surface area contributed by atoms with E-state index in [1.54, 1.807) is 17.0 Å². The molecule has 7 heteroatoms. The van der Waals surface area contributed by atoms with Gasteiger partial charge in [0.15, 0.2) is 9.84 Å². The quantitative estimate of drug-likeness (QED) is 0.881. The van der Waals surface area contributed by atoms with Crippen LogP contribution in [-0.4, -0.2) is 51.2 Å². The molecule has 0 aromatic heterocycles. The molecule has 1 aliphatic rings. The summed E-state index contributed by atoms with van der Waals surface area (Å²) in [6, 6.07) is 6.34. The molecule has 0 radical (unpaired) electrons. The molecule has 1 aromatic carbocycles. The number of piperazine rings is 1. The summed E-state index contributed by atoms with van der Waals surface area (Å²) in [5.74, 6) is -0.112. The Morgan fingerprint density at radius 3 is 2.70 bits per heavy atom. The number of hydrogen-bond acceptors (Lipinski definition) is 4. The lowest BCUT2D eigenvalue weighted by Gasteiger charge is -2.34. The molecule has 1 heterocycles. The van der Waals surface area contributed by atoms with Crippen molar-refractivity contribution in [3.8, 4) is 0 Å². The highest BCUT2D eigenvalue weighted by Gasteiger charge is 2.24. The molecule has 20 heavy (non-hydrogen) atoms. The van der Waals surface area contributed by atoms with Gasteiger partial charge in [0.1, 0.15) is 0 Å². The van der Waals surface area contributed by atoms with Gasteiger partial charge in [0.2, 0.25) is 0 Å². The number of nitrogens with one attached hydrogen (secondary N) is 1. The van der Waals surface area contributed by atoms with Gasteiger partial charge in [-0.25, -0.2) is 8.42 Å². The third-order valence-corrected chi connectivity index (χ3v) is 4.38. The number of nitrogens with zero attached hydrogens (tertiary/aromatic N) is 1. The Bertz CT molecular complexity index is 589. The zero-order chi connectivity index (χ0) is 14.0. The van der Waals surface area contributed by atoms with Gasteiger partial charge in [0, 0.05) is 37.5 Å². The molecular formula is C13H19ClN2O3S. The normalized spacial score (nSPS) is 19.3. The molecule has 1 N–H and O–H groups in total. The van der Waals surface area contributed by atoms with E-state index in [1.807, 2.05) is 6.92 Å². The summed E-state index contributed by atoms with van der Waals surface area (Å²) in [5, 5.41) is 3.22. The first-order chi connectivity index (χ1) is 8.89. The van der Waals surface area contributed by atoms with E-state index in [4.69, 9.17) is 0 Å². The molecule has 1 amide bonds. The van der Waals surface area contributed by atoms with Gasteiger partial charge in [-0.3, -0.25) is 4.79 Å². The Morgan fingerprint density at radius 2 is 2.10 bits per heavy atom. The summed E-state index contributed by atoms with van der Waals surface area (Å²) in [5.41, 5.74) is 0.427. The van der Waals surface area contributed by atoms with Crippen LogP contribution in [-0.2, 0) is 9.84 Å². The third kappa shape index (κ3) is 3.71. The third-order valence-electron chi connectivity index (χ3n) is 3.27. The van der Waals surface area contributed by atoms with Crippen LogP contribution in [0.1, 0.15) is 17.3 Å². The van der Waals surface area contributed by atoms with Gasteiger partial charge < -0.3 is 10.2 Å². The van der Waals surface area contributed by atoms with E-state index in [9.17, 15) is 13.2 Å². The minimum absolute atomic E-state index is 0. The van der Waals surface area contributed by atoms with Crippen molar-refractivity contribution in [2.24, 2.45) is 0 Å². The molecule has 0 aliphatic carbocycles. The maximum Gasteiger partial charge on any atom is 0.254 e. The molecule has 112 valence electrons. The maximum atomic E-state index is 12.4. The standard InChI is InChI=1S/C13H18N2O3S.ClH/c1-10-9-14-6-7-15(10)13(16)11-4-3-5-12(8-11)19(2,17)18;/h3-5,8,10,14H,6-7,9H2,1-2H3;1H. The molecule has 1 aromatic rings. The average Bonchev–Trinajstić information content (AvgIpc) is 2.38. The summed E-state index contributed by atoms with van der Waals surface area (Å²) in [7, 11) is -3.29. The van der Waals surface area contributed by atoms with Crippen molar-refractivity contribution in [2.75, 3.05) is 25.9 Å². The van der Waals surface area contributed by atoms with Gasteiger partial charge in [0.25, 0.3) is 5.91 Å². The number of carbonyl (C=O) groups is 1. The second-order valence-corrected chi connectivity index (χ2v) is 6.87. The molecule has 1 unspecified atom stereocenters. The largest absolute Gasteiger partial charge is 0.333 e. The minimum atomic E-state index is -3.29. The van der Waals surface area contributed by atoms with Crippen molar-refractivity contribution in [1.29, 1.82) is 0 Å². The number of sulfone groups is 1. The van der Waals surface area contributed by atoms with E-state index in [0.29, 0.717) is 12.1 Å². The van der Waals surface area contributed by atoms with Gasteiger partial charge in [-0.2, -0.15) is 0 Å². The zero-order valence-electron chi connectivity index (χ0n) is 11.5. The molecule has 0 spiro atoms. The van der Waals surface area contributed by atoms with Crippen molar-refractivity contribution < 1.29 is 13.2 Å². The zero-order valence-corrected chi connectivity index (χ0v) is 13.1. The van der Waals surface area contributed by atoms with Crippen LogP contribution in [0.5, 0.6) is 0 Å². The Balaban J connectivity index is 0.00000200. The summed E-state index contributed by atoms with van der Waals surface area (Å²) < 4.78 is 23.0. The topological polar surface area (TPSA) is 66.5 Å². The van der Waals surface area contributed by atoms with Crippen molar-refractivity contribution in [3.63, 3.8) is 0 Å². The number of carbonyl (C=O) groups excluding carboxylic acids is 1. The van der Waals surface area contributed by atoms with Gasteiger partial charge in [-0.05, 0) is 25.1 Å². The number of rotatable bonds is 2. The van der Waals surface area contributed by atoms with Crippen LogP contribution in [0.4, 0.5) is 0 Å². The Kier molecular flexibility index (Phi) is 5.56. The van der Waals surface area contributed by atoms with E-state index in [2.05, 4.69) is 5.32 Å². The van der Waals surface area contributed by atoms with Crippen LogP contribution in [0.2, 0.25) is 0 Å². The lowest BCUT2D eigenvalue weighted by atomic mass is 10.1. The first-order valence-electron chi connectivity index (χ1n) is 6.21. The number of benzene rings is 1. The molecule has 1 saturated heterocycles. The predicted molar refractivity (Wildman–Crippen MR) is 80.2 cm³/mol. The van der Waals surface area contributed by atoms with Crippen LogP contribution in [0.25, 0.3) is 0 Å². The summed E-state index contributed by atoms with van der Waals surface area (Å²) in [6.07, 6.45) is 1.14. The molecular weight excluding hydrogens is 300 g/mol. The van der Waals surface area contributed by atoms with Gasteiger partial charge in [-0.15, -0.1) is 12.4 Å². The van der Waals surface area contributed by atoms with Crippen LogP contribution in [0, 0.1) is 0 Å². The van der Waals surface area contributed by atoms with Crippen molar-refractivity contribution >= 4 is 28.2 Å². The molecule has 1 aliphatic heterocycles. The Hall–Kier alpha value is -1.11. The summed E-state index contributed by atoms with van der Waals surface area (Å²) >= 11 is 0. The fraction of sp³-hybridized carbons (Fsp3) is 0.462. The van der Waals surface area contributed by atoms with Crippen LogP contribution >= 0.6 is 12.4 Å². The average molecular weight is 319 g/mol. The van der Waals surface area contributed by atoms with E-state index in [0.717, 1.165) is 19.3 Å². The van der Waals surface area contributed by atoms with Crippen molar-refractivity contribution in [1.82, 2.24) is 10.2 Å². The van der Waals surface area contributed by atoms with E-state index in [1.165, 1.54) is 12.1 Å². The SMILES string of the molecule is CC1CNCCN1C(=O)c1cccc(S(C)(=O)=O)c1.Cl. The summed E-state index contributed by atoms with van der Waals surface area (Å²) in [6.45, 7) is 4.15. The predicted octanol–water partition coefficient (Wildman–Crippen LogP) is 0.946. The molecule has 1 fully saturated rings. The van der Waals surface area contributed by atoms with Crippen LogP contribution in [0.15, 0.2) is 29.2 Å². The monoisotopic (exact) mass is 318 g/mol. The molecule has 1 atom stereocenters. The second kappa shape index (κ2) is 6.56. The highest BCUT2D eigenvalue weighted by Crippen LogP contribution is 2.15. The molecule has 0 bridgehead atoms. The molecule has 5 nitrogen and oxygen atoms in total. The van der Waals surface area contributed by atoms with Crippen molar-refractivity contribution in [3.05, 3.63) is 29.8 Å². The lowest BCUT2D eigenvalue weighted by Crippen LogP contribution is -2.52. The fourth-order valence-corrected chi connectivity index (χ4v) is 2.84. The molecule has 0 saturated carbocycles. The Morgan fingerprint density at radius 1 is 1.40 bits per heavy atom. The second-order valence-electron chi connectivity index (χ2n) is 4.85. The van der Waals surface area contributed by atoms with Crippen molar-refractivity contribution in [2.45, 2.75) is 17.9 Å². The van der Waals surface area contributed by atoms with E-state index < -0.39 is 9.84 Å². The minimum Gasteiger partial charge on any atom is -0.333 e. The van der Waals surface area contributed by atoms with Gasteiger partial charge >= 0.3 is 0 Å². The first kappa shape index (κ1) is 16.9. The van der Waals surface area contributed by atoms with Gasteiger partial charge in [-0.1, -0.05) is 6.07 Å². The summed E-state index contributed by atoms with van der Waals surface area (Å²) in [4.78, 5) is 14.3. The van der Waals surface area contributed by atoms with Crippen LogP contribution in [0.3, 0.4) is 0 Å². The highest BCUT2D eigenvalue weighted by atomic mass is 35.5. The first-order valence-corrected chi connectivity index (χ1v) is 8.10. The fourth-order valence-electron chi connectivity index (χ4n) is 2.17. The van der Waals surface area contributed by atoms with E-state index >= 15 is 0 Å². The van der Waals surface area contributed by atoms with Gasteiger partial charge in [0.05, 0.1) is 4.90 Å². The smallest absolute Gasteiger partial charge is 0.254 e. The number of hydrogen-bond donors (Lipinski definition) is 1. The van der Waals surface area contributed by atoms with E-state index in [-0.39, 0.29) is 29.3 Å². The maximum absolute atomic E-state index is 12.4. The highest BCUT2D eigenvalue weighted by molar-refractivity contribution is 7.90.